The van der Waals surface area contributed by atoms with Gasteiger partial charge in [-0.25, -0.2) is 5.43 Å². The van der Waals surface area contributed by atoms with Gasteiger partial charge in [-0.15, -0.1) is 0 Å². The fourth-order valence-corrected chi connectivity index (χ4v) is 2.83. The van der Waals surface area contributed by atoms with E-state index in [0.717, 1.165) is 0 Å². The Kier molecular flexibility index (Phi) is 6.61. The van der Waals surface area contributed by atoms with Gasteiger partial charge in [-0.1, -0.05) is 35.9 Å². The number of carbonyl (C=O) groups is 1. The molecule has 0 aromatic heterocycles. The molecule has 3 rings (SSSR count). The first-order chi connectivity index (χ1) is 14.5. The van der Waals surface area contributed by atoms with Gasteiger partial charge in [-0.05, 0) is 30.3 Å². The van der Waals surface area contributed by atoms with Crippen molar-refractivity contribution >= 4 is 40.8 Å². The Morgan fingerprint density at radius 3 is 2.67 bits per heavy atom. The maximum atomic E-state index is 12.6. The molecule has 3 aromatic carbocycles. The molecule has 3 aromatic rings. The molecule has 0 heterocycles. The van der Waals surface area contributed by atoms with Crippen molar-refractivity contribution in [3.63, 3.8) is 0 Å². The Bertz CT molecular complexity index is 1120. The monoisotopic (exact) mass is 424 g/mol. The van der Waals surface area contributed by atoms with Crippen LogP contribution in [-0.4, -0.2) is 24.2 Å². The molecule has 0 saturated carbocycles. The molecule has 0 aliphatic heterocycles. The molecule has 0 aliphatic rings. The van der Waals surface area contributed by atoms with Crippen LogP contribution in [0.15, 0.2) is 71.8 Å². The summed E-state index contributed by atoms with van der Waals surface area (Å²) >= 11 is 6.10. The topological polar surface area (TPSA) is 106 Å². The number of nitrogens with zero attached hydrogens (tertiary/aromatic N) is 2. The highest BCUT2D eigenvalue weighted by molar-refractivity contribution is 6.31. The highest BCUT2D eigenvalue weighted by Gasteiger charge is 2.13. The summed E-state index contributed by atoms with van der Waals surface area (Å²) in [5.74, 6) is 0.123. The van der Waals surface area contributed by atoms with Crippen LogP contribution in [0.3, 0.4) is 0 Å². The number of para-hydroxylation sites is 2. The summed E-state index contributed by atoms with van der Waals surface area (Å²) in [4.78, 5) is 23.0. The van der Waals surface area contributed by atoms with Crippen molar-refractivity contribution in [2.75, 3.05) is 12.4 Å². The largest absolute Gasteiger partial charge is 0.495 e. The average molecular weight is 425 g/mol. The molecule has 0 spiro atoms. The van der Waals surface area contributed by atoms with E-state index >= 15 is 0 Å². The molecule has 0 radical (unpaired) electrons. The number of nitrogens with one attached hydrogen (secondary N) is 2. The van der Waals surface area contributed by atoms with Gasteiger partial charge >= 0.3 is 0 Å². The quantitative estimate of drug-likeness (QED) is 0.323. The number of carbonyl (C=O) groups excluding carboxylic acids is 1. The normalized spacial score (nSPS) is 10.6. The van der Waals surface area contributed by atoms with E-state index in [0.29, 0.717) is 33.3 Å². The van der Waals surface area contributed by atoms with Gasteiger partial charge in [0.15, 0.2) is 0 Å². The van der Waals surface area contributed by atoms with Gasteiger partial charge in [0, 0.05) is 22.7 Å². The zero-order chi connectivity index (χ0) is 21.5. The number of ether oxygens (including phenoxy) is 1. The Balaban J connectivity index is 1.79. The number of hydrazone groups is 1. The maximum Gasteiger partial charge on any atom is 0.273 e. The lowest BCUT2D eigenvalue weighted by Crippen LogP contribution is -2.19. The second-order valence-electron chi connectivity index (χ2n) is 6.07. The number of nitro groups is 1. The van der Waals surface area contributed by atoms with E-state index in [-0.39, 0.29) is 5.69 Å². The minimum atomic E-state index is -0.501. The third-order valence-corrected chi connectivity index (χ3v) is 4.30. The fourth-order valence-electron chi connectivity index (χ4n) is 2.66. The predicted molar refractivity (Wildman–Crippen MR) is 116 cm³/mol. The highest BCUT2D eigenvalue weighted by Crippen LogP contribution is 2.30. The first-order valence-electron chi connectivity index (χ1n) is 8.75. The lowest BCUT2D eigenvalue weighted by molar-refractivity contribution is -0.384. The first kappa shape index (κ1) is 20.8. The highest BCUT2D eigenvalue weighted by atomic mass is 35.5. The third kappa shape index (κ3) is 5.12. The molecule has 0 bridgehead atoms. The van der Waals surface area contributed by atoms with E-state index in [1.165, 1.54) is 24.4 Å². The SMILES string of the molecule is COc1ccccc1Nc1cc(Cl)ccc1C(=O)NN=Cc1cccc([N+](=O)[O-])c1. The Hall–Kier alpha value is -3.91. The van der Waals surface area contributed by atoms with Crippen molar-refractivity contribution in [2.24, 2.45) is 5.10 Å². The summed E-state index contributed by atoms with van der Waals surface area (Å²) in [6.07, 6.45) is 1.33. The molecular formula is C21H17ClN4O4. The lowest BCUT2D eigenvalue weighted by atomic mass is 10.1. The molecule has 9 heteroatoms. The average Bonchev–Trinajstić information content (AvgIpc) is 2.74. The van der Waals surface area contributed by atoms with Gasteiger partial charge in [0.05, 0.1) is 35.2 Å². The van der Waals surface area contributed by atoms with E-state index in [9.17, 15) is 14.9 Å². The van der Waals surface area contributed by atoms with Crippen molar-refractivity contribution in [3.05, 3.63) is 93.0 Å². The molecular weight excluding hydrogens is 408 g/mol. The van der Waals surface area contributed by atoms with Crippen LogP contribution >= 0.6 is 11.6 Å². The molecule has 0 unspecified atom stereocenters. The minimum Gasteiger partial charge on any atom is -0.495 e. The number of nitro benzene ring substituents is 1. The van der Waals surface area contributed by atoms with E-state index in [1.807, 2.05) is 18.2 Å². The molecule has 0 fully saturated rings. The van der Waals surface area contributed by atoms with Gasteiger partial charge in [-0.3, -0.25) is 14.9 Å². The number of hydrogen-bond donors (Lipinski definition) is 2. The summed E-state index contributed by atoms with van der Waals surface area (Å²) < 4.78 is 5.32. The van der Waals surface area contributed by atoms with Crippen LogP contribution in [0.2, 0.25) is 5.02 Å². The minimum absolute atomic E-state index is 0.0636. The molecule has 30 heavy (non-hydrogen) atoms. The van der Waals surface area contributed by atoms with Gasteiger partial charge in [0.25, 0.3) is 11.6 Å². The summed E-state index contributed by atoms with van der Waals surface area (Å²) in [6, 6.07) is 17.9. The molecule has 0 aliphatic carbocycles. The molecule has 0 atom stereocenters. The molecule has 8 nitrogen and oxygen atoms in total. The van der Waals surface area contributed by atoms with E-state index in [4.69, 9.17) is 16.3 Å². The number of amides is 1. The van der Waals surface area contributed by atoms with Crippen molar-refractivity contribution in [3.8, 4) is 5.75 Å². The number of methoxy groups -OCH3 is 1. The van der Waals surface area contributed by atoms with Crippen LogP contribution in [0.5, 0.6) is 5.75 Å². The van der Waals surface area contributed by atoms with Crippen molar-refractivity contribution < 1.29 is 14.5 Å². The van der Waals surface area contributed by atoms with Crippen LogP contribution in [0.25, 0.3) is 0 Å². The number of anilines is 2. The van der Waals surface area contributed by atoms with Crippen LogP contribution < -0.4 is 15.5 Å². The van der Waals surface area contributed by atoms with Gasteiger partial charge in [0.1, 0.15) is 5.75 Å². The fraction of sp³-hybridized carbons (Fsp3) is 0.0476. The van der Waals surface area contributed by atoms with Crippen molar-refractivity contribution in [2.45, 2.75) is 0 Å². The van der Waals surface area contributed by atoms with Gasteiger partial charge < -0.3 is 10.1 Å². The van der Waals surface area contributed by atoms with Crippen LogP contribution in [-0.2, 0) is 0 Å². The molecule has 0 saturated heterocycles. The van der Waals surface area contributed by atoms with E-state index < -0.39 is 10.8 Å². The summed E-state index contributed by atoms with van der Waals surface area (Å²) in [5.41, 5.74) is 4.27. The van der Waals surface area contributed by atoms with Crippen LogP contribution in [0.4, 0.5) is 17.1 Å². The Morgan fingerprint density at radius 1 is 1.10 bits per heavy atom. The number of non-ortho nitro benzene ring substituents is 1. The number of benzene rings is 3. The molecule has 2 N–H and O–H groups in total. The third-order valence-electron chi connectivity index (χ3n) is 4.06. The zero-order valence-electron chi connectivity index (χ0n) is 15.8. The number of hydrogen-bond acceptors (Lipinski definition) is 6. The Labute approximate surface area is 177 Å². The van der Waals surface area contributed by atoms with E-state index in [2.05, 4.69) is 15.8 Å². The van der Waals surface area contributed by atoms with Crippen molar-refractivity contribution in [1.82, 2.24) is 5.43 Å². The second kappa shape index (κ2) is 9.53. The Morgan fingerprint density at radius 2 is 1.90 bits per heavy atom. The second-order valence-corrected chi connectivity index (χ2v) is 6.50. The standard InChI is InChI=1S/C21H17ClN4O4/c1-30-20-8-3-2-7-18(20)24-19-12-15(22)9-10-17(19)21(27)25-23-13-14-5-4-6-16(11-14)26(28)29/h2-13,24H,1H3,(H,25,27). The number of halogens is 1. The van der Waals surface area contributed by atoms with Crippen LogP contribution in [0.1, 0.15) is 15.9 Å². The maximum absolute atomic E-state index is 12.6. The van der Waals surface area contributed by atoms with Crippen molar-refractivity contribution in [1.29, 1.82) is 0 Å². The van der Waals surface area contributed by atoms with Crippen LogP contribution in [0, 0.1) is 10.1 Å². The predicted octanol–water partition coefficient (Wildman–Crippen LogP) is 4.76. The smallest absolute Gasteiger partial charge is 0.273 e. The summed E-state index contributed by atoms with van der Waals surface area (Å²) in [7, 11) is 1.55. The molecule has 1 amide bonds. The molecule has 152 valence electrons. The first-order valence-corrected chi connectivity index (χ1v) is 9.13. The lowest BCUT2D eigenvalue weighted by Gasteiger charge is -2.14. The van der Waals surface area contributed by atoms with Gasteiger partial charge in [-0.2, -0.15) is 5.10 Å². The zero-order valence-corrected chi connectivity index (χ0v) is 16.6. The summed E-state index contributed by atoms with van der Waals surface area (Å²) in [5, 5.41) is 18.3. The summed E-state index contributed by atoms with van der Waals surface area (Å²) in [6.45, 7) is 0. The number of rotatable bonds is 7. The van der Waals surface area contributed by atoms with E-state index in [1.54, 1.807) is 37.4 Å². The van der Waals surface area contributed by atoms with Gasteiger partial charge in [0.2, 0.25) is 0 Å².